The summed E-state index contributed by atoms with van der Waals surface area (Å²) in [5.74, 6) is 1.41. The molecule has 2 heterocycles. The van der Waals surface area contributed by atoms with Crippen molar-refractivity contribution < 1.29 is 4.74 Å². The van der Waals surface area contributed by atoms with Crippen LogP contribution in [0.1, 0.15) is 26.3 Å². The van der Waals surface area contributed by atoms with Gasteiger partial charge in [0.15, 0.2) is 0 Å². The van der Waals surface area contributed by atoms with E-state index in [1.165, 1.54) is 11.9 Å². The minimum absolute atomic E-state index is 0.117. The Morgan fingerprint density at radius 3 is 2.84 bits per heavy atom. The number of nitrogens with one attached hydrogen (secondary N) is 1. The Labute approximate surface area is 117 Å². The second-order valence-electron chi connectivity index (χ2n) is 4.79. The molecular weight excluding hydrogens is 258 g/mol. The van der Waals surface area contributed by atoms with Gasteiger partial charge < -0.3 is 10.1 Å². The summed E-state index contributed by atoms with van der Waals surface area (Å²) >= 11 is 1.72. The first kappa shape index (κ1) is 13.8. The van der Waals surface area contributed by atoms with Crippen LogP contribution in [0.3, 0.4) is 0 Å². The second kappa shape index (κ2) is 6.52. The van der Waals surface area contributed by atoms with Gasteiger partial charge in [0, 0.05) is 12.1 Å². The number of hydrogen-bond acceptors (Lipinski definition) is 5. The lowest BCUT2D eigenvalue weighted by atomic mass is 10.1. The summed E-state index contributed by atoms with van der Waals surface area (Å²) in [6.45, 7) is 6.10. The molecule has 102 valence electrons. The molecular formula is C14H19N3OS. The number of hydrogen-bond donors (Lipinski definition) is 1. The van der Waals surface area contributed by atoms with E-state index < -0.39 is 0 Å². The third-order valence-corrected chi connectivity index (χ3v) is 3.25. The lowest BCUT2D eigenvalue weighted by Crippen LogP contribution is -2.18. The summed E-state index contributed by atoms with van der Waals surface area (Å²) in [7, 11) is 0. The van der Waals surface area contributed by atoms with Gasteiger partial charge in [0.1, 0.15) is 12.1 Å². The van der Waals surface area contributed by atoms with Crippen LogP contribution in [0.15, 0.2) is 29.2 Å². The van der Waals surface area contributed by atoms with Crippen LogP contribution < -0.4 is 10.1 Å². The molecule has 0 aliphatic heterocycles. The van der Waals surface area contributed by atoms with E-state index in [9.17, 15) is 0 Å². The highest BCUT2D eigenvalue weighted by molar-refractivity contribution is 7.07. The SMILES string of the molecule is CC(Cc1ccsc1)Nc1cc(OC(C)C)ncn1. The minimum Gasteiger partial charge on any atom is -0.475 e. The Hall–Kier alpha value is -1.62. The van der Waals surface area contributed by atoms with E-state index in [0.29, 0.717) is 11.9 Å². The van der Waals surface area contributed by atoms with E-state index in [4.69, 9.17) is 4.74 Å². The molecule has 1 N–H and O–H groups in total. The molecule has 19 heavy (non-hydrogen) atoms. The second-order valence-corrected chi connectivity index (χ2v) is 5.57. The highest BCUT2D eigenvalue weighted by atomic mass is 32.1. The van der Waals surface area contributed by atoms with Crippen LogP contribution in [-0.4, -0.2) is 22.1 Å². The first-order valence-corrected chi connectivity index (χ1v) is 7.34. The molecule has 0 aliphatic rings. The van der Waals surface area contributed by atoms with E-state index in [0.717, 1.165) is 12.2 Å². The molecule has 1 unspecified atom stereocenters. The van der Waals surface area contributed by atoms with E-state index in [2.05, 4.69) is 39.0 Å². The zero-order valence-corrected chi connectivity index (χ0v) is 12.3. The molecule has 4 nitrogen and oxygen atoms in total. The number of ether oxygens (including phenoxy) is 1. The van der Waals surface area contributed by atoms with E-state index in [1.54, 1.807) is 11.3 Å². The number of thiophene rings is 1. The molecule has 0 fully saturated rings. The van der Waals surface area contributed by atoms with Gasteiger partial charge in [-0.1, -0.05) is 0 Å². The largest absolute Gasteiger partial charge is 0.475 e. The minimum atomic E-state index is 0.117. The normalized spacial score (nSPS) is 12.4. The maximum absolute atomic E-state index is 5.55. The topological polar surface area (TPSA) is 47.0 Å². The van der Waals surface area contributed by atoms with Crippen LogP contribution in [-0.2, 0) is 6.42 Å². The molecule has 0 spiro atoms. The smallest absolute Gasteiger partial charge is 0.218 e. The predicted molar refractivity (Wildman–Crippen MR) is 78.9 cm³/mol. The van der Waals surface area contributed by atoms with Crippen LogP contribution in [0.2, 0.25) is 0 Å². The van der Waals surface area contributed by atoms with Gasteiger partial charge >= 0.3 is 0 Å². The van der Waals surface area contributed by atoms with Crippen LogP contribution in [0, 0.1) is 0 Å². The van der Waals surface area contributed by atoms with Gasteiger partial charge in [-0.25, -0.2) is 9.97 Å². The average molecular weight is 277 g/mol. The summed E-state index contributed by atoms with van der Waals surface area (Å²) in [4.78, 5) is 8.31. The van der Waals surface area contributed by atoms with Gasteiger partial charge in [0.25, 0.3) is 0 Å². The number of aromatic nitrogens is 2. The Morgan fingerprint density at radius 1 is 1.32 bits per heavy atom. The third kappa shape index (κ3) is 4.52. The molecule has 0 bridgehead atoms. The summed E-state index contributed by atoms with van der Waals surface area (Å²) in [6.07, 6.45) is 2.62. The van der Waals surface area contributed by atoms with Crippen LogP contribution in [0.4, 0.5) is 5.82 Å². The molecule has 0 aliphatic carbocycles. The van der Waals surface area contributed by atoms with Crippen molar-refractivity contribution >= 4 is 17.2 Å². The predicted octanol–water partition coefficient (Wildman–Crippen LogP) is 3.37. The first-order chi connectivity index (χ1) is 9.13. The fourth-order valence-corrected chi connectivity index (χ4v) is 2.47. The maximum atomic E-state index is 5.55. The molecule has 2 aromatic rings. The third-order valence-electron chi connectivity index (χ3n) is 2.51. The average Bonchev–Trinajstić information content (AvgIpc) is 2.81. The highest BCUT2D eigenvalue weighted by Crippen LogP contribution is 2.15. The van der Waals surface area contributed by atoms with Crippen molar-refractivity contribution in [1.29, 1.82) is 0 Å². The van der Waals surface area contributed by atoms with Crippen LogP contribution in [0.5, 0.6) is 5.88 Å². The molecule has 2 rings (SSSR count). The van der Waals surface area contributed by atoms with Gasteiger partial charge in [-0.05, 0) is 49.6 Å². The Kier molecular flexibility index (Phi) is 4.74. The monoisotopic (exact) mass is 277 g/mol. The molecule has 0 amide bonds. The molecule has 0 radical (unpaired) electrons. The van der Waals surface area contributed by atoms with E-state index in [-0.39, 0.29) is 6.10 Å². The molecule has 5 heteroatoms. The van der Waals surface area contributed by atoms with Crippen molar-refractivity contribution in [3.8, 4) is 5.88 Å². The zero-order valence-electron chi connectivity index (χ0n) is 11.5. The van der Waals surface area contributed by atoms with Gasteiger partial charge in [-0.2, -0.15) is 11.3 Å². The number of rotatable bonds is 6. The van der Waals surface area contributed by atoms with Gasteiger partial charge in [-0.15, -0.1) is 0 Å². The molecule has 2 aromatic heterocycles. The number of anilines is 1. The van der Waals surface area contributed by atoms with E-state index in [1.807, 2.05) is 19.9 Å². The van der Waals surface area contributed by atoms with Crippen molar-refractivity contribution in [1.82, 2.24) is 9.97 Å². The standard InChI is InChI=1S/C14H19N3OS/c1-10(2)18-14-7-13(15-9-16-14)17-11(3)6-12-4-5-19-8-12/h4-5,7-11H,6H2,1-3H3,(H,15,16,17). The Bertz CT molecular complexity index is 499. The maximum Gasteiger partial charge on any atom is 0.218 e. The zero-order chi connectivity index (χ0) is 13.7. The van der Waals surface area contributed by atoms with Crippen molar-refractivity contribution in [2.45, 2.75) is 39.3 Å². The van der Waals surface area contributed by atoms with Crippen LogP contribution >= 0.6 is 11.3 Å². The van der Waals surface area contributed by atoms with E-state index >= 15 is 0 Å². The molecule has 1 atom stereocenters. The fraction of sp³-hybridized carbons (Fsp3) is 0.429. The summed E-state index contributed by atoms with van der Waals surface area (Å²) in [6, 6.07) is 4.30. The first-order valence-electron chi connectivity index (χ1n) is 6.40. The summed E-state index contributed by atoms with van der Waals surface area (Å²) in [5.41, 5.74) is 1.35. The van der Waals surface area contributed by atoms with Gasteiger partial charge in [0.2, 0.25) is 5.88 Å². The lowest BCUT2D eigenvalue weighted by molar-refractivity contribution is 0.232. The van der Waals surface area contributed by atoms with Crippen LogP contribution in [0.25, 0.3) is 0 Å². The lowest BCUT2D eigenvalue weighted by Gasteiger charge is -2.15. The van der Waals surface area contributed by atoms with Crippen molar-refractivity contribution in [3.63, 3.8) is 0 Å². The molecule has 0 aromatic carbocycles. The number of nitrogens with zero attached hydrogens (tertiary/aromatic N) is 2. The van der Waals surface area contributed by atoms with Gasteiger partial charge in [0.05, 0.1) is 6.10 Å². The summed E-state index contributed by atoms with van der Waals surface area (Å²) in [5, 5.41) is 7.64. The molecule has 0 saturated carbocycles. The Morgan fingerprint density at radius 2 is 2.16 bits per heavy atom. The quantitative estimate of drug-likeness (QED) is 0.879. The Balaban J connectivity index is 1.94. The van der Waals surface area contributed by atoms with Crippen molar-refractivity contribution in [2.24, 2.45) is 0 Å². The van der Waals surface area contributed by atoms with Crippen molar-refractivity contribution in [3.05, 3.63) is 34.8 Å². The summed E-state index contributed by atoms with van der Waals surface area (Å²) < 4.78 is 5.55. The molecule has 0 saturated heterocycles. The fourth-order valence-electron chi connectivity index (χ4n) is 1.79. The highest BCUT2D eigenvalue weighted by Gasteiger charge is 2.07. The van der Waals surface area contributed by atoms with Gasteiger partial charge in [-0.3, -0.25) is 0 Å². The van der Waals surface area contributed by atoms with Crippen molar-refractivity contribution in [2.75, 3.05) is 5.32 Å².